The molecule has 0 spiro atoms. The molecule has 1 aliphatic rings. The molecular formula is C22H21BO2. The summed E-state index contributed by atoms with van der Waals surface area (Å²) in [6, 6.07) is 18.3. The van der Waals surface area contributed by atoms with Gasteiger partial charge < -0.3 is 4.42 Å². The molecule has 4 rings (SSSR count). The number of carbonyl (C=O) groups excluding carboxylic acids is 1. The minimum absolute atomic E-state index is 0.0133. The summed E-state index contributed by atoms with van der Waals surface area (Å²) in [6.45, 7) is 6.69. The average molecular weight is 328 g/mol. The number of furan rings is 1. The number of aryl methyl sites for hydroxylation is 1. The maximum atomic E-state index is 13.1. The van der Waals surface area contributed by atoms with Crippen LogP contribution in [0.15, 0.2) is 59.0 Å². The predicted molar refractivity (Wildman–Crippen MR) is 104 cm³/mol. The number of hydrogen-bond acceptors (Lipinski definition) is 2. The van der Waals surface area contributed by atoms with Crippen LogP contribution in [-0.4, -0.2) is 12.5 Å². The lowest BCUT2D eigenvalue weighted by Gasteiger charge is -2.25. The Balaban J connectivity index is 2.05. The SMILES string of the molecule is CCc1oc2c(c1-c1ccccc1)B(C(C)C)c1ccccc1C2=O. The Labute approximate surface area is 149 Å². The van der Waals surface area contributed by atoms with E-state index in [-0.39, 0.29) is 12.5 Å². The van der Waals surface area contributed by atoms with Gasteiger partial charge in [-0.1, -0.05) is 86.6 Å². The monoisotopic (exact) mass is 328 g/mol. The third kappa shape index (κ3) is 2.38. The van der Waals surface area contributed by atoms with Crippen LogP contribution < -0.4 is 10.9 Å². The fourth-order valence-electron chi connectivity index (χ4n) is 4.07. The highest BCUT2D eigenvalue weighted by Crippen LogP contribution is 2.32. The molecule has 0 saturated heterocycles. The Kier molecular flexibility index (Phi) is 3.87. The van der Waals surface area contributed by atoms with Crippen molar-refractivity contribution >= 4 is 23.4 Å². The molecule has 0 atom stereocenters. The van der Waals surface area contributed by atoms with Crippen LogP contribution in [0.25, 0.3) is 11.1 Å². The van der Waals surface area contributed by atoms with Crippen LogP contribution in [0.5, 0.6) is 0 Å². The van der Waals surface area contributed by atoms with Gasteiger partial charge in [-0.25, -0.2) is 0 Å². The summed E-state index contributed by atoms with van der Waals surface area (Å²) in [4.78, 5) is 13.1. The van der Waals surface area contributed by atoms with Crippen LogP contribution in [0.2, 0.25) is 5.82 Å². The van der Waals surface area contributed by atoms with Crippen molar-refractivity contribution in [3.8, 4) is 11.1 Å². The van der Waals surface area contributed by atoms with Crippen LogP contribution in [0.4, 0.5) is 0 Å². The molecule has 1 aromatic heterocycles. The molecule has 2 aromatic carbocycles. The standard InChI is InChI=1S/C22H21BO2/c1-4-18-19(15-10-6-5-7-11-15)20-22(25-18)21(24)16-12-8-9-13-17(16)23(20)14(2)3/h5-14H,4H2,1-3H3. The normalized spacial score (nSPS) is 13.1. The van der Waals surface area contributed by atoms with Crippen molar-refractivity contribution in [2.45, 2.75) is 33.0 Å². The third-order valence-corrected chi connectivity index (χ3v) is 5.13. The summed E-state index contributed by atoms with van der Waals surface area (Å²) in [5.74, 6) is 1.83. The molecule has 0 amide bonds. The quantitative estimate of drug-likeness (QED) is 0.679. The zero-order valence-corrected chi connectivity index (χ0v) is 14.9. The highest BCUT2D eigenvalue weighted by molar-refractivity contribution is 6.90. The topological polar surface area (TPSA) is 30.2 Å². The van der Waals surface area contributed by atoms with Gasteiger partial charge in [0.05, 0.1) is 0 Å². The minimum Gasteiger partial charge on any atom is -0.458 e. The maximum Gasteiger partial charge on any atom is 0.227 e. The summed E-state index contributed by atoms with van der Waals surface area (Å²) in [6.07, 6.45) is 0.770. The first-order chi connectivity index (χ1) is 12.1. The third-order valence-electron chi connectivity index (χ3n) is 5.13. The molecule has 3 heteroatoms. The van der Waals surface area contributed by atoms with Crippen LogP contribution in [0.3, 0.4) is 0 Å². The van der Waals surface area contributed by atoms with Gasteiger partial charge in [-0.2, -0.15) is 0 Å². The van der Waals surface area contributed by atoms with Gasteiger partial charge in [0.15, 0.2) is 5.76 Å². The van der Waals surface area contributed by atoms with Gasteiger partial charge in [-0.3, -0.25) is 4.79 Å². The van der Waals surface area contributed by atoms with Crippen molar-refractivity contribution in [1.82, 2.24) is 0 Å². The lowest BCUT2D eigenvalue weighted by atomic mass is 9.31. The molecule has 25 heavy (non-hydrogen) atoms. The Morgan fingerprint density at radius 1 is 1.00 bits per heavy atom. The highest BCUT2D eigenvalue weighted by atomic mass is 16.3. The molecule has 0 fully saturated rings. The lowest BCUT2D eigenvalue weighted by Crippen LogP contribution is -2.52. The number of benzene rings is 2. The van der Waals surface area contributed by atoms with E-state index in [0.717, 1.165) is 39.8 Å². The van der Waals surface area contributed by atoms with Crippen LogP contribution in [-0.2, 0) is 6.42 Å². The number of fused-ring (bicyclic) bond motifs is 2. The van der Waals surface area contributed by atoms with Gasteiger partial charge in [0.1, 0.15) is 5.76 Å². The van der Waals surface area contributed by atoms with Crippen molar-refractivity contribution in [2.24, 2.45) is 0 Å². The van der Waals surface area contributed by atoms with E-state index >= 15 is 0 Å². The van der Waals surface area contributed by atoms with E-state index in [4.69, 9.17) is 4.42 Å². The van der Waals surface area contributed by atoms with Crippen LogP contribution in [0, 0.1) is 0 Å². The molecule has 0 unspecified atom stereocenters. The second-order valence-electron chi connectivity index (χ2n) is 7.00. The molecule has 0 aliphatic carbocycles. The minimum atomic E-state index is 0.0133. The molecule has 2 nitrogen and oxygen atoms in total. The van der Waals surface area contributed by atoms with Crippen molar-refractivity contribution in [3.05, 3.63) is 71.7 Å². The summed E-state index contributed by atoms with van der Waals surface area (Å²) < 4.78 is 6.14. The van der Waals surface area contributed by atoms with E-state index in [0.29, 0.717) is 11.6 Å². The molecule has 0 saturated carbocycles. The molecule has 0 N–H and O–H groups in total. The summed E-state index contributed by atoms with van der Waals surface area (Å²) in [7, 11) is 0. The molecular weight excluding hydrogens is 307 g/mol. The van der Waals surface area contributed by atoms with E-state index in [1.165, 1.54) is 0 Å². The van der Waals surface area contributed by atoms with Gasteiger partial charge in [0.2, 0.25) is 12.5 Å². The van der Waals surface area contributed by atoms with Gasteiger partial charge in [-0.15, -0.1) is 0 Å². The Bertz CT molecular complexity index is 938. The van der Waals surface area contributed by atoms with Crippen LogP contribution in [0.1, 0.15) is 42.6 Å². The van der Waals surface area contributed by atoms with Crippen molar-refractivity contribution in [1.29, 1.82) is 0 Å². The fourth-order valence-corrected chi connectivity index (χ4v) is 4.07. The van der Waals surface area contributed by atoms with E-state index in [1.807, 2.05) is 36.4 Å². The Morgan fingerprint density at radius 3 is 2.36 bits per heavy atom. The van der Waals surface area contributed by atoms with E-state index in [2.05, 4.69) is 39.0 Å². The summed E-state index contributed by atoms with van der Waals surface area (Å²) >= 11 is 0. The molecule has 124 valence electrons. The highest BCUT2D eigenvalue weighted by Gasteiger charge is 2.41. The smallest absolute Gasteiger partial charge is 0.227 e. The number of ketones is 1. The van der Waals surface area contributed by atoms with Crippen molar-refractivity contribution in [2.75, 3.05) is 0 Å². The predicted octanol–water partition coefficient (Wildman–Crippen LogP) is 4.07. The first-order valence-corrected chi connectivity index (χ1v) is 8.98. The Morgan fingerprint density at radius 2 is 1.68 bits per heavy atom. The van der Waals surface area contributed by atoms with E-state index in [1.54, 1.807) is 0 Å². The van der Waals surface area contributed by atoms with Gasteiger partial charge in [-0.05, 0) is 11.0 Å². The molecule has 2 heterocycles. The first kappa shape index (κ1) is 16.0. The van der Waals surface area contributed by atoms with Crippen LogP contribution >= 0.6 is 0 Å². The second kappa shape index (κ2) is 6.07. The Hall–Kier alpha value is -2.55. The maximum absolute atomic E-state index is 13.1. The number of carbonyl (C=O) groups is 1. The average Bonchev–Trinajstić information content (AvgIpc) is 3.02. The number of rotatable bonds is 3. The molecule has 0 radical (unpaired) electrons. The molecule has 0 bridgehead atoms. The first-order valence-electron chi connectivity index (χ1n) is 8.98. The van der Waals surface area contributed by atoms with E-state index in [9.17, 15) is 4.79 Å². The van der Waals surface area contributed by atoms with Gasteiger partial charge >= 0.3 is 0 Å². The van der Waals surface area contributed by atoms with E-state index < -0.39 is 0 Å². The molecule has 1 aliphatic heterocycles. The lowest BCUT2D eigenvalue weighted by molar-refractivity contribution is 0.101. The van der Waals surface area contributed by atoms with Crippen molar-refractivity contribution < 1.29 is 9.21 Å². The summed E-state index contributed by atoms with van der Waals surface area (Å²) in [5.41, 5.74) is 5.21. The largest absolute Gasteiger partial charge is 0.458 e. The number of hydrogen-bond donors (Lipinski definition) is 0. The zero-order valence-electron chi connectivity index (χ0n) is 14.9. The fraction of sp³-hybridized carbons (Fsp3) is 0.227. The van der Waals surface area contributed by atoms with Crippen molar-refractivity contribution in [3.63, 3.8) is 0 Å². The molecule has 3 aromatic rings. The summed E-state index contributed by atoms with van der Waals surface area (Å²) in [5, 5.41) is 0. The second-order valence-corrected chi connectivity index (χ2v) is 7.00. The zero-order chi connectivity index (χ0) is 17.6. The van der Waals surface area contributed by atoms with Gasteiger partial charge in [0, 0.05) is 17.5 Å². The van der Waals surface area contributed by atoms with Gasteiger partial charge in [0.25, 0.3) is 0 Å².